The highest BCUT2D eigenvalue weighted by Crippen LogP contribution is 2.10. The SMILES string of the molecule is CN(Cc1ccco1)C(=O)c1ncccc1C#CCN. The molecule has 0 bridgehead atoms. The van der Waals surface area contributed by atoms with Crippen LogP contribution in [-0.4, -0.2) is 29.4 Å². The Morgan fingerprint density at radius 2 is 2.30 bits per heavy atom. The number of nitrogens with two attached hydrogens (primary N) is 1. The zero-order valence-corrected chi connectivity index (χ0v) is 11.2. The van der Waals surface area contributed by atoms with Crippen molar-refractivity contribution in [3.8, 4) is 11.8 Å². The van der Waals surface area contributed by atoms with Gasteiger partial charge in [-0.05, 0) is 24.3 Å². The van der Waals surface area contributed by atoms with E-state index in [4.69, 9.17) is 10.2 Å². The average Bonchev–Trinajstić information content (AvgIpc) is 2.97. The first-order chi connectivity index (χ1) is 9.72. The minimum absolute atomic E-state index is 0.205. The summed E-state index contributed by atoms with van der Waals surface area (Å²) in [7, 11) is 1.69. The number of aromatic nitrogens is 1. The summed E-state index contributed by atoms with van der Waals surface area (Å²) in [6.45, 7) is 0.622. The Bertz CT molecular complexity index is 639. The van der Waals surface area contributed by atoms with Gasteiger partial charge in [-0.25, -0.2) is 4.98 Å². The van der Waals surface area contributed by atoms with E-state index in [0.717, 1.165) is 0 Å². The second-order valence-electron chi connectivity index (χ2n) is 4.15. The minimum atomic E-state index is -0.205. The van der Waals surface area contributed by atoms with Crippen LogP contribution in [0.1, 0.15) is 21.8 Å². The van der Waals surface area contributed by atoms with E-state index in [0.29, 0.717) is 23.6 Å². The predicted molar refractivity (Wildman–Crippen MR) is 74.7 cm³/mol. The van der Waals surface area contributed by atoms with Crippen LogP contribution in [0.15, 0.2) is 41.1 Å². The number of amides is 1. The molecule has 0 radical (unpaired) electrons. The Labute approximate surface area is 117 Å². The number of pyridine rings is 1. The van der Waals surface area contributed by atoms with E-state index in [1.807, 2.05) is 6.07 Å². The third-order valence-electron chi connectivity index (χ3n) is 2.66. The van der Waals surface area contributed by atoms with Crippen LogP contribution >= 0.6 is 0 Å². The van der Waals surface area contributed by atoms with Gasteiger partial charge in [0, 0.05) is 13.2 Å². The minimum Gasteiger partial charge on any atom is -0.467 e. The van der Waals surface area contributed by atoms with Crippen LogP contribution in [0.25, 0.3) is 0 Å². The number of hydrogen-bond acceptors (Lipinski definition) is 4. The number of furan rings is 1. The maximum absolute atomic E-state index is 12.4. The van der Waals surface area contributed by atoms with Crippen LogP contribution < -0.4 is 5.73 Å². The molecule has 5 nitrogen and oxygen atoms in total. The van der Waals surface area contributed by atoms with Gasteiger partial charge in [-0.3, -0.25) is 4.79 Å². The summed E-state index contributed by atoms with van der Waals surface area (Å²) in [5, 5.41) is 0. The summed E-state index contributed by atoms with van der Waals surface area (Å²) in [4.78, 5) is 18.0. The largest absolute Gasteiger partial charge is 0.467 e. The number of carbonyl (C=O) groups excluding carboxylic acids is 1. The van der Waals surface area contributed by atoms with Gasteiger partial charge in [-0.2, -0.15) is 0 Å². The molecule has 0 aliphatic heterocycles. The van der Waals surface area contributed by atoms with Gasteiger partial charge in [0.15, 0.2) is 0 Å². The zero-order chi connectivity index (χ0) is 14.4. The highest BCUT2D eigenvalue weighted by molar-refractivity contribution is 5.94. The van der Waals surface area contributed by atoms with E-state index >= 15 is 0 Å². The van der Waals surface area contributed by atoms with Crippen LogP contribution in [0.4, 0.5) is 0 Å². The molecule has 0 saturated heterocycles. The molecule has 2 heterocycles. The highest BCUT2D eigenvalue weighted by Gasteiger charge is 2.17. The molecule has 0 spiro atoms. The monoisotopic (exact) mass is 269 g/mol. The van der Waals surface area contributed by atoms with Crippen LogP contribution in [0.5, 0.6) is 0 Å². The van der Waals surface area contributed by atoms with Crippen molar-refractivity contribution in [2.24, 2.45) is 5.73 Å². The Kier molecular flexibility index (Phi) is 4.53. The number of rotatable bonds is 3. The molecular weight excluding hydrogens is 254 g/mol. The maximum atomic E-state index is 12.4. The van der Waals surface area contributed by atoms with E-state index in [2.05, 4.69) is 16.8 Å². The molecule has 0 saturated carbocycles. The van der Waals surface area contributed by atoms with Gasteiger partial charge in [0.1, 0.15) is 11.5 Å². The van der Waals surface area contributed by atoms with Crippen molar-refractivity contribution in [1.29, 1.82) is 0 Å². The number of carbonyl (C=O) groups is 1. The molecule has 0 unspecified atom stereocenters. The average molecular weight is 269 g/mol. The van der Waals surface area contributed by atoms with Crippen LogP contribution in [0.2, 0.25) is 0 Å². The first-order valence-corrected chi connectivity index (χ1v) is 6.14. The van der Waals surface area contributed by atoms with E-state index in [1.54, 1.807) is 37.7 Å². The van der Waals surface area contributed by atoms with Crippen molar-refractivity contribution < 1.29 is 9.21 Å². The standard InChI is InChI=1S/C15H15N3O2/c1-18(11-13-7-4-10-20-13)15(19)14-12(5-2-8-16)6-3-9-17-14/h3-4,6-7,9-10H,8,11,16H2,1H3. The highest BCUT2D eigenvalue weighted by atomic mass is 16.3. The molecular formula is C15H15N3O2. The Hall–Kier alpha value is -2.58. The van der Waals surface area contributed by atoms with Crippen molar-refractivity contribution in [3.05, 3.63) is 53.7 Å². The summed E-state index contributed by atoms with van der Waals surface area (Å²) in [5.74, 6) is 6.10. The fourth-order valence-corrected chi connectivity index (χ4v) is 1.71. The van der Waals surface area contributed by atoms with Crippen LogP contribution in [0, 0.1) is 11.8 Å². The number of nitrogens with zero attached hydrogens (tertiary/aromatic N) is 2. The molecule has 0 fully saturated rings. The third kappa shape index (κ3) is 3.25. The number of hydrogen-bond donors (Lipinski definition) is 1. The summed E-state index contributed by atoms with van der Waals surface area (Å²) >= 11 is 0. The van der Waals surface area contributed by atoms with Gasteiger partial charge in [-0.1, -0.05) is 11.8 Å². The van der Waals surface area contributed by atoms with Crippen molar-refractivity contribution in [1.82, 2.24) is 9.88 Å². The van der Waals surface area contributed by atoms with Gasteiger partial charge in [0.2, 0.25) is 0 Å². The van der Waals surface area contributed by atoms with Gasteiger partial charge >= 0.3 is 0 Å². The molecule has 0 atom stereocenters. The normalized spacial score (nSPS) is 9.70. The van der Waals surface area contributed by atoms with E-state index in [-0.39, 0.29) is 12.5 Å². The lowest BCUT2D eigenvalue weighted by atomic mass is 10.1. The zero-order valence-electron chi connectivity index (χ0n) is 11.2. The predicted octanol–water partition coefficient (Wildman–Crippen LogP) is 1.26. The Balaban J connectivity index is 2.20. The first kappa shape index (κ1) is 13.8. The second kappa shape index (κ2) is 6.55. The van der Waals surface area contributed by atoms with Gasteiger partial charge in [0.25, 0.3) is 5.91 Å². The van der Waals surface area contributed by atoms with E-state index in [9.17, 15) is 4.79 Å². The molecule has 102 valence electrons. The van der Waals surface area contributed by atoms with Crippen molar-refractivity contribution in [3.63, 3.8) is 0 Å². The third-order valence-corrected chi connectivity index (χ3v) is 2.66. The van der Waals surface area contributed by atoms with Gasteiger partial charge in [-0.15, -0.1) is 0 Å². The van der Waals surface area contributed by atoms with Crippen LogP contribution in [-0.2, 0) is 6.54 Å². The topological polar surface area (TPSA) is 72.4 Å². The smallest absolute Gasteiger partial charge is 0.273 e. The molecule has 0 aliphatic rings. The summed E-state index contributed by atoms with van der Waals surface area (Å²) in [6.07, 6.45) is 3.15. The second-order valence-corrected chi connectivity index (χ2v) is 4.15. The summed E-state index contributed by atoms with van der Waals surface area (Å²) in [5.41, 5.74) is 6.25. The summed E-state index contributed by atoms with van der Waals surface area (Å²) < 4.78 is 5.23. The van der Waals surface area contributed by atoms with Gasteiger partial charge in [0.05, 0.1) is 24.9 Å². The molecule has 2 rings (SSSR count). The molecule has 5 heteroatoms. The molecule has 20 heavy (non-hydrogen) atoms. The van der Waals surface area contributed by atoms with E-state index < -0.39 is 0 Å². The van der Waals surface area contributed by atoms with Crippen molar-refractivity contribution in [2.45, 2.75) is 6.54 Å². The van der Waals surface area contributed by atoms with Crippen molar-refractivity contribution >= 4 is 5.91 Å². The quantitative estimate of drug-likeness (QED) is 0.851. The first-order valence-electron chi connectivity index (χ1n) is 6.14. The molecule has 2 aromatic heterocycles. The lowest BCUT2D eigenvalue weighted by Crippen LogP contribution is -2.27. The molecule has 2 N–H and O–H groups in total. The lowest BCUT2D eigenvalue weighted by molar-refractivity contribution is 0.0769. The summed E-state index contributed by atoms with van der Waals surface area (Å²) in [6, 6.07) is 7.09. The Morgan fingerprint density at radius 1 is 1.45 bits per heavy atom. The Morgan fingerprint density at radius 3 is 3.00 bits per heavy atom. The van der Waals surface area contributed by atoms with E-state index in [1.165, 1.54) is 4.90 Å². The molecule has 2 aromatic rings. The molecule has 0 aliphatic carbocycles. The fourth-order valence-electron chi connectivity index (χ4n) is 1.71. The van der Waals surface area contributed by atoms with Crippen LogP contribution in [0.3, 0.4) is 0 Å². The molecule has 0 aromatic carbocycles. The molecule has 1 amide bonds. The fraction of sp³-hybridized carbons (Fsp3) is 0.200. The van der Waals surface area contributed by atoms with Gasteiger partial charge < -0.3 is 15.1 Å². The van der Waals surface area contributed by atoms with Crippen molar-refractivity contribution in [2.75, 3.05) is 13.6 Å². The maximum Gasteiger partial charge on any atom is 0.273 e. The lowest BCUT2D eigenvalue weighted by Gasteiger charge is -2.15.